The summed E-state index contributed by atoms with van der Waals surface area (Å²) in [6.45, 7) is 8.47. The summed E-state index contributed by atoms with van der Waals surface area (Å²) < 4.78 is 0. The molecule has 0 fully saturated rings. The fourth-order valence-corrected chi connectivity index (χ4v) is 1.60. The highest BCUT2D eigenvalue weighted by Gasteiger charge is 2.11. The first-order chi connectivity index (χ1) is 6.53. The van der Waals surface area contributed by atoms with Crippen LogP contribution in [0.4, 0.5) is 0 Å². The third-order valence-electron chi connectivity index (χ3n) is 2.28. The summed E-state index contributed by atoms with van der Waals surface area (Å²) in [5.41, 5.74) is 2.95. The fourth-order valence-electron chi connectivity index (χ4n) is 1.60. The van der Waals surface area contributed by atoms with Gasteiger partial charge in [-0.25, -0.2) is 0 Å². The Balaban J connectivity index is 2.76. The molecule has 0 saturated heterocycles. The minimum atomic E-state index is 0.0522. The highest BCUT2D eigenvalue weighted by atomic mass is 14.8. The summed E-state index contributed by atoms with van der Waals surface area (Å²) in [5.74, 6) is 0. The van der Waals surface area contributed by atoms with Crippen molar-refractivity contribution in [3.8, 4) is 0 Å². The molecule has 0 bridgehead atoms. The van der Waals surface area contributed by atoms with Gasteiger partial charge in [-0.1, -0.05) is 12.2 Å². The Morgan fingerprint density at radius 3 is 2.36 bits per heavy atom. The lowest BCUT2D eigenvalue weighted by molar-refractivity contribution is 0.586. The summed E-state index contributed by atoms with van der Waals surface area (Å²) in [6.07, 6.45) is 10.1. The van der Waals surface area contributed by atoms with Crippen LogP contribution in [0.15, 0.2) is 28.3 Å². The van der Waals surface area contributed by atoms with Crippen LogP contribution in [-0.4, -0.2) is 11.8 Å². The van der Waals surface area contributed by atoms with Crippen LogP contribution in [0.25, 0.3) is 0 Å². The second kappa shape index (κ2) is 4.59. The van der Waals surface area contributed by atoms with E-state index in [1.807, 2.05) is 0 Å². The molecule has 0 radical (unpaired) electrons. The Morgan fingerprint density at radius 1 is 1.14 bits per heavy atom. The molecule has 1 nitrogen and oxygen atoms in total. The second-order valence-electron chi connectivity index (χ2n) is 4.83. The monoisotopic (exact) mass is 191 g/mol. The van der Waals surface area contributed by atoms with E-state index in [-0.39, 0.29) is 5.54 Å². The predicted octanol–water partition coefficient (Wildman–Crippen LogP) is 3.91. The molecule has 0 amide bonds. The van der Waals surface area contributed by atoms with Gasteiger partial charge in [-0.2, -0.15) is 0 Å². The molecule has 0 atom stereocenters. The van der Waals surface area contributed by atoms with Gasteiger partial charge in [-0.3, -0.25) is 4.99 Å². The van der Waals surface area contributed by atoms with Gasteiger partial charge >= 0.3 is 0 Å². The van der Waals surface area contributed by atoms with E-state index in [9.17, 15) is 0 Å². The number of rotatable bonds is 2. The van der Waals surface area contributed by atoms with Gasteiger partial charge in [-0.05, 0) is 58.1 Å². The third kappa shape index (κ3) is 3.49. The van der Waals surface area contributed by atoms with E-state index in [2.05, 4.69) is 51.1 Å². The van der Waals surface area contributed by atoms with Gasteiger partial charge in [0.05, 0.1) is 5.54 Å². The standard InChI is InChI=1S/C13H21N/c1-5-7-11-8-6-9-12(11)10-14-13(2,3)4/h5,7,10H,6,8-9H2,1-4H3/b7-5-,14-10?. The molecule has 0 aliphatic heterocycles. The molecular formula is C13H21N. The van der Waals surface area contributed by atoms with Crippen molar-refractivity contribution in [2.24, 2.45) is 4.99 Å². The summed E-state index contributed by atoms with van der Waals surface area (Å²) in [4.78, 5) is 4.55. The molecule has 0 saturated carbocycles. The second-order valence-corrected chi connectivity index (χ2v) is 4.83. The summed E-state index contributed by atoms with van der Waals surface area (Å²) in [6, 6.07) is 0. The van der Waals surface area contributed by atoms with Crippen LogP contribution >= 0.6 is 0 Å². The lowest BCUT2D eigenvalue weighted by Crippen LogP contribution is -2.09. The maximum absolute atomic E-state index is 4.55. The van der Waals surface area contributed by atoms with Crippen LogP contribution in [0.5, 0.6) is 0 Å². The van der Waals surface area contributed by atoms with E-state index in [1.54, 1.807) is 0 Å². The van der Waals surface area contributed by atoms with Gasteiger partial charge in [0.15, 0.2) is 0 Å². The minimum absolute atomic E-state index is 0.0522. The van der Waals surface area contributed by atoms with Gasteiger partial charge in [0.1, 0.15) is 0 Å². The van der Waals surface area contributed by atoms with E-state index in [0.29, 0.717) is 0 Å². The molecule has 1 aliphatic rings. The Kier molecular flexibility index (Phi) is 3.68. The average molecular weight is 191 g/mol. The maximum Gasteiger partial charge on any atom is 0.0524 e. The Labute approximate surface area is 87.6 Å². The molecule has 0 heterocycles. The molecule has 0 aromatic carbocycles. The number of hydrogen-bond acceptors (Lipinski definition) is 1. The van der Waals surface area contributed by atoms with Crippen LogP contribution in [0.2, 0.25) is 0 Å². The van der Waals surface area contributed by atoms with Crippen molar-refractivity contribution in [1.82, 2.24) is 0 Å². The zero-order valence-corrected chi connectivity index (χ0v) is 9.80. The Bertz CT molecular complexity index is 274. The van der Waals surface area contributed by atoms with E-state index in [0.717, 1.165) is 0 Å². The van der Waals surface area contributed by atoms with Gasteiger partial charge < -0.3 is 0 Å². The normalized spacial score (nSPS) is 19.1. The molecule has 0 aromatic heterocycles. The lowest BCUT2D eigenvalue weighted by atomic mass is 10.1. The zero-order chi connectivity index (χ0) is 10.6. The van der Waals surface area contributed by atoms with Crippen molar-refractivity contribution in [3.05, 3.63) is 23.3 Å². The van der Waals surface area contributed by atoms with Crippen molar-refractivity contribution in [1.29, 1.82) is 0 Å². The zero-order valence-electron chi connectivity index (χ0n) is 9.80. The maximum atomic E-state index is 4.55. The molecule has 0 spiro atoms. The quantitative estimate of drug-likeness (QED) is 0.587. The number of allylic oxidation sites excluding steroid dienone is 4. The smallest absolute Gasteiger partial charge is 0.0524 e. The molecule has 0 unspecified atom stereocenters. The first-order valence-electron chi connectivity index (χ1n) is 5.43. The highest BCUT2D eigenvalue weighted by molar-refractivity contribution is 5.81. The van der Waals surface area contributed by atoms with Crippen LogP contribution in [0, 0.1) is 0 Å². The van der Waals surface area contributed by atoms with E-state index in [4.69, 9.17) is 0 Å². The van der Waals surface area contributed by atoms with Crippen LogP contribution in [-0.2, 0) is 0 Å². The van der Waals surface area contributed by atoms with Crippen molar-refractivity contribution in [2.45, 2.75) is 52.5 Å². The molecule has 1 heteroatoms. The topological polar surface area (TPSA) is 12.4 Å². The SMILES string of the molecule is C/C=C\C1=C(C=NC(C)(C)C)CCC1. The van der Waals surface area contributed by atoms with E-state index >= 15 is 0 Å². The largest absolute Gasteiger partial charge is 0.287 e. The van der Waals surface area contributed by atoms with E-state index < -0.39 is 0 Å². The van der Waals surface area contributed by atoms with Gasteiger partial charge in [-0.15, -0.1) is 0 Å². The summed E-state index contributed by atoms with van der Waals surface area (Å²) in [7, 11) is 0. The first kappa shape index (κ1) is 11.2. The van der Waals surface area contributed by atoms with Crippen LogP contribution < -0.4 is 0 Å². The van der Waals surface area contributed by atoms with Crippen molar-refractivity contribution in [2.75, 3.05) is 0 Å². The molecule has 0 N–H and O–H groups in total. The molecule has 14 heavy (non-hydrogen) atoms. The number of hydrogen-bond donors (Lipinski definition) is 0. The predicted molar refractivity (Wildman–Crippen MR) is 63.9 cm³/mol. The molecule has 1 aliphatic carbocycles. The minimum Gasteiger partial charge on any atom is -0.287 e. The van der Waals surface area contributed by atoms with Gasteiger partial charge in [0.2, 0.25) is 0 Å². The van der Waals surface area contributed by atoms with Crippen LogP contribution in [0.1, 0.15) is 47.0 Å². The molecule has 1 rings (SSSR count). The van der Waals surface area contributed by atoms with E-state index in [1.165, 1.54) is 30.4 Å². The van der Waals surface area contributed by atoms with Gasteiger partial charge in [0, 0.05) is 6.21 Å². The Morgan fingerprint density at radius 2 is 1.79 bits per heavy atom. The Hall–Kier alpha value is -0.850. The molecule has 78 valence electrons. The third-order valence-corrected chi connectivity index (χ3v) is 2.28. The fraction of sp³-hybridized carbons (Fsp3) is 0.615. The number of aliphatic imine (C=N–C) groups is 1. The summed E-state index contributed by atoms with van der Waals surface area (Å²) >= 11 is 0. The summed E-state index contributed by atoms with van der Waals surface area (Å²) in [5, 5.41) is 0. The number of nitrogens with zero attached hydrogens (tertiary/aromatic N) is 1. The molecular weight excluding hydrogens is 170 g/mol. The van der Waals surface area contributed by atoms with Crippen molar-refractivity contribution < 1.29 is 0 Å². The molecule has 0 aromatic rings. The van der Waals surface area contributed by atoms with Gasteiger partial charge in [0.25, 0.3) is 0 Å². The lowest BCUT2D eigenvalue weighted by Gasteiger charge is -2.11. The van der Waals surface area contributed by atoms with Crippen LogP contribution in [0.3, 0.4) is 0 Å². The van der Waals surface area contributed by atoms with Crippen molar-refractivity contribution >= 4 is 6.21 Å². The first-order valence-corrected chi connectivity index (χ1v) is 5.43. The highest BCUT2D eigenvalue weighted by Crippen LogP contribution is 2.26. The van der Waals surface area contributed by atoms with Crippen molar-refractivity contribution in [3.63, 3.8) is 0 Å². The average Bonchev–Trinajstić information content (AvgIpc) is 2.48.